The maximum Gasteiger partial charge on any atom is 0.393 e. The predicted molar refractivity (Wildman–Crippen MR) is 149 cm³/mol. The topological polar surface area (TPSA) is 96.8 Å². The summed E-state index contributed by atoms with van der Waals surface area (Å²) >= 11 is 6.62. The lowest BCUT2D eigenvalue weighted by Gasteiger charge is -2.34. The van der Waals surface area contributed by atoms with Gasteiger partial charge < -0.3 is 15.7 Å². The average molecular weight is 584 g/mol. The Morgan fingerprint density at radius 3 is 2.59 bits per heavy atom. The molecule has 2 aromatic heterocycles. The van der Waals surface area contributed by atoms with Crippen molar-refractivity contribution in [3.05, 3.63) is 82.4 Å². The van der Waals surface area contributed by atoms with Crippen LogP contribution in [0.2, 0.25) is 5.15 Å². The molecule has 214 valence electrons. The first-order chi connectivity index (χ1) is 19.4. The number of benzene rings is 2. The predicted octanol–water partition coefficient (Wildman–Crippen LogP) is 5.86. The number of rotatable bonds is 5. The standard InChI is InChI=1S/C30H29ClF3N5O2/c1-29(41,21-4-2-3-17(13-21)14-30(32,33)34)20-8-5-18(6-9-20)25-26-27(35)36-15-23(31)39(26)28(37-25)19-7-10-22-11-12-24(40)38(22)16-19/h2-6,8-9,13,15,19,22,41H,7,10-12,14,16H2,1H3,(H2,35,36)/t19-,22+,29+/m1/s1. The molecule has 0 radical (unpaired) electrons. The van der Waals surface area contributed by atoms with Gasteiger partial charge in [-0.3, -0.25) is 9.20 Å². The molecule has 2 aromatic carbocycles. The number of carbonyl (C=O) groups is 1. The third kappa shape index (κ3) is 5.04. The first-order valence-corrected chi connectivity index (χ1v) is 13.9. The molecular weight excluding hydrogens is 555 g/mol. The molecule has 7 nitrogen and oxygen atoms in total. The molecule has 11 heteroatoms. The van der Waals surface area contributed by atoms with Gasteiger partial charge >= 0.3 is 6.18 Å². The fourth-order valence-electron chi connectivity index (χ4n) is 6.22. The van der Waals surface area contributed by atoms with Crippen LogP contribution in [0.1, 0.15) is 61.0 Å². The van der Waals surface area contributed by atoms with E-state index in [1.54, 1.807) is 41.7 Å². The molecule has 41 heavy (non-hydrogen) atoms. The van der Waals surface area contributed by atoms with Crippen molar-refractivity contribution in [2.45, 2.75) is 62.8 Å². The fourth-order valence-corrected chi connectivity index (χ4v) is 6.44. The van der Waals surface area contributed by atoms with Crippen molar-refractivity contribution in [1.82, 2.24) is 19.3 Å². The molecule has 4 heterocycles. The Balaban J connectivity index is 1.36. The summed E-state index contributed by atoms with van der Waals surface area (Å²) in [6.07, 6.45) is -0.713. The van der Waals surface area contributed by atoms with Crippen molar-refractivity contribution < 1.29 is 23.1 Å². The van der Waals surface area contributed by atoms with Gasteiger partial charge in [0.25, 0.3) is 0 Å². The molecule has 3 atom stereocenters. The smallest absolute Gasteiger partial charge is 0.382 e. The summed E-state index contributed by atoms with van der Waals surface area (Å²) in [6.45, 7) is 2.12. The molecule has 4 aromatic rings. The lowest BCUT2D eigenvalue weighted by Crippen LogP contribution is -2.41. The number of hydrogen-bond donors (Lipinski definition) is 2. The highest BCUT2D eigenvalue weighted by Gasteiger charge is 2.39. The highest BCUT2D eigenvalue weighted by molar-refractivity contribution is 6.30. The summed E-state index contributed by atoms with van der Waals surface area (Å²) in [6, 6.07) is 13.2. The van der Waals surface area contributed by atoms with Gasteiger partial charge in [-0.2, -0.15) is 13.2 Å². The third-order valence-electron chi connectivity index (χ3n) is 8.37. The molecule has 0 bridgehead atoms. The quantitative estimate of drug-likeness (QED) is 0.307. The Kier molecular flexibility index (Phi) is 6.73. The number of nitrogens with two attached hydrogens (primary N) is 1. The van der Waals surface area contributed by atoms with Crippen LogP contribution in [-0.2, 0) is 16.8 Å². The zero-order chi connectivity index (χ0) is 29.1. The number of alkyl halides is 3. The summed E-state index contributed by atoms with van der Waals surface area (Å²) < 4.78 is 40.7. The number of imidazole rings is 1. The summed E-state index contributed by atoms with van der Waals surface area (Å²) in [7, 11) is 0. The molecule has 0 saturated carbocycles. The van der Waals surface area contributed by atoms with Crippen molar-refractivity contribution in [3.63, 3.8) is 0 Å². The van der Waals surface area contributed by atoms with E-state index in [1.165, 1.54) is 24.4 Å². The minimum absolute atomic E-state index is 0.0298. The average Bonchev–Trinajstić information content (AvgIpc) is 3.52. The van der Waals surface area contributed by atoms with E-state index in [-0.39, 0.29) is 29.2 Å². The van der Waals surface area contributed by atoms with E-state index in [0.29, 0.717) is 51.8 Å². The van der Waals surface area contributed by atoms with Crippen LogP contribution < -0.4 is 5.73 Å². The zero-order valence-electron chi connectivity index (χ0n) is 22.3. The van der Waals surface area contributed by atoms with Gasteiger partial charge in [0.15, 0.2) is 0 Å². The second kappa shape index (κ2) is 10.0. The first-order valence-electron chi connectivity index (χ1n) is 13.5. The maximum atomic E-state index is 12.9. The molecule has 2 aliphatic heterocycles. The zero-order valence-corrected chi connectivity index (χ0v) is 23.1. The highest BCUT2D eigenvalue weighted by atomic mass is 35.5. The number of amides is 1. The first kappa shape index (κ1) is 27.5. The summed E-state index contributed by atoms with van der Waals surface area (Å²) in [5.41, 5.74) is 7.57. The van der Waals surface area contributed by atoms with Gasteiger partial charge in [0, 0.05) is 30.5 Å². The van der Waals surface area contributed by atoms with E-state index in [0.717, 1.165) is 19.3 Å². The normalized spacial score (nSPS) is 20.8. The summed E-state index contributed by atoms with van der Waals surface area (Å²) in [5.74, 6) is 1.11. The molecule has 2 aliphatic rings. The molecule has 0 spiro atoms. The van der Waals surface area contributed by atoms with Crippen molar-refractivity contribution in [2.24, 2.45) is 0 Å². The van der Waals surface area contributed by atoms with E-state index in [4.69, 9.17) is 22.3 Å². The van der Waals surface area contributed by atoms with Gasteiger partial charge in [-0.05, 0) is 42.9 Å². The SMILES string of the molecule is C[C@](O)(c1ccc(-c2nc([C@@H]3CC[C@H]4CCC(=O)N4C3)n3c(Cl)cnc(N)c23)cc1)c1cccc(CC(F)(F)F)c1. The Labute approximate surface area is 239 Å². The van der Waals surface area contributed by atoms with Gasteiger partial charge in [0.05, 0.1) is 12.6 Å². The number of aliphatic hydroxyl groups is 1. The van der Waals surface area contributed by atoms with Gasteiger partial charge in [-0.15, -0.1) is 0 Å². The maximum absolute atomic E-state index is 12.9. The number of anilines is 1. The number of carbonyl (C=O) groups excluding carboxylic acids is 1. The molecular formula is C30H29ClF3N5O2. The number of nitrogens with zero attached hydrogens (tertiary/aromatic N) is 4. The lowest BCUT2D eigenvalue weighted by molar-refractivity contribution is -0.130. The van der Waals surface area contributed by atoms with E-state index >= 15 is 0 Å². The Morgan fingerprint density at radius 2 is 1.85 bits per heavy atom. The van der Waals surface area contributed by atoms with Crippen LogP contribution in [0, 0.1) is 0 Å². The molecule has 3 N–H and O–H groups in total. The molecule has 1 amide bonds. The number of fused-ring (bicyclic) bond motifs is 2. The van der Waals surface area contributed by atoms with Crippen LogP contribution in [0.15, 0.2) is 54.7 Å². The molecule has 0 unspecified atom stereocenters. The second-order valence-corrected chi connectivity index (χ2v) is 11.5. The largest absolute Gasteiger partial charge is 0.393 e. The van der Waals surface area contributed by atoms with Crippen LogP contribution in [0.4, 0.5) is 19.0 Å². The van der Waals surface area contributed by atoms with Gasteiger partial charge in [-0.1, -0.05) is 60.1 Å². The Bertz CT molecular complexity index is 1630. The molecule has 0 aliphatic carbocycles. The fraction of sp³-hybridized carbons (Fsp3) is 0.367. The Morgan fingerprint density at radius 1 is 1.10 bits per heavy atom. The van der Waals surface area contributed by atoms with Crippen LogP contribution in [0.5, 0.6) is 0 Å². The van der Waals surface area contributed by atoms with Crippen LogP contribution >= 0.6 is 11.6 Å². The third-order valence-corrected chi connectivity index (χ3v) is 8.63. The number of halogens is 4. The van der Waals surface area contributed by atoms with Crippen LogP contribution in [-0.4, -0.2) is 49.0 Å². The van der Waals surface area contributed by atoms with Crippen molar-refractivity contribution in [1.29, 1.82) is 0 Å². The van der Waals surface area contributed by atoms with Crippen molar-refractivity contribution >= 4 is 28.8 Å². The van der Waals surface area contributed by atoms with E-state index in [9.17, 15) is 23.1 Å². The summed E-state index contributed by atoms with van der Waals surface area (Å²) in [5, 5.41) is 11.7. The second-order valence-electron chi connectivity index (χ2n) is 11.1. The minimum Gasteiger partial charge on any atom is -0.382 e. The van der Waals surface area contributed by atoms with Gasteiger partial charge in [0.2, 0.25) is 5.91 Å². The number of aromatic nitrogens is 3. The Hall–Kier alpha value is -3.63. The minimum atomic E-state index is -4.35. The van der Waals surface area contributed by atoms with Crippen LogP contribution in [0.25, 0.3) is 16.8 Å². The molecule has 2 saturated heterocycles. The number of hydrogen-bond acceptors (Lipinski definition) is 5. The highest BCUT2D eigenvalue weighted by Crippen LogP contribution is 2.40. The van der Waals surface area contributed by atoms with Crippen molar-refractivity contribution in [2.75, 3.05) is 12.3 Å². The lowest BCUT2D eigenvalue weighted by atomic mass is 9.86. The van der Waals surface area contributed by atoms with Gasteiger partial charge in [-0.25, -0.2) is 9.97 Å². The molecule has 6 rings (SSSR count). The number of piperidine rings is 1. The summed E-state index contributed by atoms with van der Waals surface area (Å²) in [4.78, 5) is 23.7. The van der Waals surface area contributed by atoms with E-state index in [1.807, 2.05) is 4.90 Å². The van der Waals surface area contributed by atoms with Crippen molar-refractivity contribution in [3.8, 4) is 11.3 Å². The van der Waals surface area contributed by atoms with Crippen LogP contribution in [0.3, 0.4) is 0 Å². The molecule has 2 fully saturated rings. The van der Waals surface area contributed by atoms with E-state index < -0.39 is 18.2 Å². The van der Waals surface area contributed by atoms with Gasteiger partial charge in [0.1, 0.15) is 33.6 Å². The monoisotopic (exact) mass is 583 g/mol. The van der Waals surface area contributed by atoms with E-state index in [2.05, 4.69) is 4.98 Å². The number of nitrogen functional groups attached to an aromatic ring is 1.